The van der Waals surface area contributed by atoms with Crippen LogP contribution in [0.3, 0.4) is 0 Å². The molecule has 3 heterocycles. The number of nitrogens with zero attached hydrogens (tertiary/aromatic N) is 1. The molecule has 3 aliphatic rings. The normalized spacial score (nSPS) is 25.1. The maximum atomic E-state index is 6.93. The molecule has 4 nitrogen and oxygen atoms in total. The lowest BCUT2D eigenvalue weighted by Crippen LogP contribution is -2.16. The van der Waals surface area contributed by atoms with Gasteiger partial charge in [0.15, 0.2) is 0 Å². The van der Waals surface area contributed by atoms with Crippen molar-refractivity contribution in [3.8, 4) is 0 Å². The van der Waals surface area contributed by atoms with E-state index in [0.29, 0.717) is 17.8 Å². The Bertz CT molecular complexity index is 2110. The molecule has 0 amide bonds. The topological polar surface area (TPSA) is 80.2 Å². The Morgan fingerprint density at radius 3 is 1.90 bits per heavy atom. The van der Waals surface area contributed by atoms with Crippen LogP contribution in [0.1, 0.15) is 40.9 Å². The van der Waals surface area contributed by atoms with Crippen molar-refractivity contribution in [2.75, 3.05) is 0 Å². The second-order valence-electron chi connectivity index (χ2n) is 12.0. The Morgan fingerprint density at radius 2 is 1.23 bits per heavy atom. The van der Waals surface area contributed by atoms with E-state index < -0.39 is 0 Å². The lowest BCUT2D eigenvalue weighted by molar-refractivity contribution is 0.789. The molecule has 4 bridgehead atoms. The van der Waals surface area contributed by atoms with E-state index >= 15 is 0 Å². The van der Waals surface area contributed by atoms with Gasteiger partial charge in [-0.15, -0.1) is 0 Å². The van der Waals surface area contributed by atoms with Crippen molar-refractivity contribution in [1.29, 1.82) is 0 Å². The van der Waals surface area contributed by atoms with Crippen LogP contribution in [0.2, 0.25) is 0 Å². The Hall–Kier alpha value is -6.13. The minimum atomic E-state index is 0.118. The van der Waals surface area contributed by atoms with Gasteiger partial charge in [-0.2, -0.15) is 0 Å². The summed E-state index contributed by atoms with van der Waals surface area (Å²) >= 11 is 0. The molecule has 0 saturated carbocycles. The Kier molecular flexibility index (Phi) is 8.97. The van der Waals surface area contributed by atoms with Crippen molar-refractivity contribution in [3.63, 3.8) is 0 Å². The fourth-order valence-corrected chi connectivity index (χ4v) is 6.50. The van der Waals surface area contributed by atoms with E-state index in [-0.39, 0.29) is 5.92 Å². The average Bonchev–Trinajstić information content (AvgIpc) is 3.80. The van der Waals surface area contributed by atoms with E-state index in [1.807, 2.05) is 42.5 Å². The van der Waals surface area contributed by atoms with E-state index in [1.54, 1.807) is 0 Å². The van der Waals surface area contributed by atoms with Crippen LogP contribution in [0.4, 0.5) is 0 Å². The largest absolute Gasteiger partial charge is 0.398 e. The molecule has 1 aliphatic carbocycles. The van der Waals surface area contributed by atoms with Crippen LogP contribution >= 0.6 is 0 Å². The van der Waals surface area contributed by atoms with Crippen molar-refractivity contribution in [3.05, 3.63) is 221 Å². The number of fused-ring (bicyclic) bond motifs is 3. The standard InChI is InChI=1S/C44H38N4/c45-36-25-13-23-32(31-15-5-1-6-16-31)24-14-26-37(46)43(34-19-9-3-10-20-34)39-28-30-41(48-39)44(35-21-11-4-12-22-35)40-29-27-38(47-40)42(36)33-17-7-2-8-18-33/h1-19,21-22,24-30,34,47H,20,23,45-46H2/b25-13-,26-14-,32-24-,42-36-,43-37-,44-41-. The molecule has 4 aromatic rings. The Balaban J connectivity index is 1.46. The van der Waals surface area contributed by atoms with Crippen LogP contribution in [0.25, 0.3) is 16.7 Å². The summed E-state index contributed by atoms with van der Waals surface area (Å²) in [5.41, 5.74) is 26.3. The van der Waals surface area contributed by atoms with Crippen LogP contribution in [0.15, 0.2) is 198 Å². The number of aromatic nitrogens is 1. The van der Waals surface area contributed by atoms with E-state index in [9.17, 15) is 0 Å². The summed E-state index contributed by atoms with van der Waals surface area (Å²) in [5.74, 6) is 0.118. The van der Waals surface area contributed by atoms with Gasteiger partial charge in [0.2, 0.25) is 0 Å². The van der Waals surface area contributed by atoms with Gasteiger partial charge in [-0.05, 0) is 71.5 Å². The van der Waals surface area contributed by atoms with Gasteiger partial charge in [-0.3, -0.25) is 0 Å². The zero-order chi connectivity index (χ0) is 32.7. The summed E-state index contributed by atoms with van der Waals surface area (Å²) in [5, 5.41) is 0. The SMILES string of the molecule is NC1=C(/c2ccccc2)c2ccc([nH]2)/C(c2ccccc2)=C2/C=CC(=N2)/C(C2C=CC=CC2)=C(N)/C=C\C=C(/c2ccccc2)C/C=C\1. The van der Waals surface area contributed by atoms with Gasteiger partial charge in [0.1, 0.15) is 0 Å². The summed E-state index contributed by atoms with van der Waals surface area (Å²) in [7, 11) is 0. The summed E-state index contributed by atoms with van der Waals surface area (Å²) in [6.45, 7) is 0. The average molecular weight is 623 g/mol. The van der Waals surface area contributed by atoms with Crippen molar-refractivity contribution >= 4 is 22.4 Å². The molecular formula is C44H38N4. The molecule has 0 fully saturated rings. The first kappa shape index (κ1) is 30.5. The molecule has 0 saturated heterocycles. The second kappa shape index (κ2) is 14.1. The minimum absolute atomic E-state index is 0.118. The van der Waals surface area contributed by atoms with E-state index in [4.69, 9.17) is 16.5 Å². The second-order valence-corrected chi connectivity index (χ2v) is 12.0. The Labute approximate surface area is 282 Å². The first-order chi connectivity index (χ1) is 23.7. The van der Waals surface area contributed by atoms with Crippen molar-refractivity contribution < 1.29 is 0 Å². The predicted octanol–water partition coefficient (Wildman–Crippen LogP) is 9.45. The van der Waals surface area contributed by atoms with Crippen LogP contribution < -0.4 is 11.5 Å². The monoisotopic (exact) mass is 622 g/mol. The Morgan fingerprint density at radius 1 is 0.583 bits per heavy atom. The molecule has 1 atom stereocenters. The van der Waals surface area contributed by atoms with E-state index in [2.05, 4.69) is 132 Å². The molecule has 5 N–H and O–H groups in total. The van der Waals surface area contributed by atoms with Gasteiger partial charge >= 0.3 is 0 Å². The van der Waals surface area contributed by atoms with Crippen molar-refractivity contribution in [2.45, 2.75) is 12.8 Å². The van der Waals surface area contributed by atoms with Crippen molar-refractivity contribution in [1.82, 2.24) is 4.98 Å². The molecule has 2 aliphatic heterocycles. The van der Waals surface area contributed by atoms with Gasteiger partial charge < -0.3 is 16.5 Å². The highest BCUT2D eigenvalue weighted by Crippen LogP contribution is 2.35. The predicted molar refractivity (Wildman–Crippen MR) is 201 cm³/mol. The molecule has 1 unspecified atom stereocenters. The number of H-pyrrole nitrogens is 1. The number of hydrogen-bond acceptors (Lipinski definition) is 3. The van der Waals surface area contributed by atoms with Crippen LogP contribution in [-0.4, -0.2) is 10.7 Å². The first-order valence-corrected chi connectivity index (χ1v) is 16.4. The molecule has 0 spiro atoms. The molecule has 48 heavy (non-hydrogen) atoms. The molecule has 234 valence electrons. The van der Waals surface area contributed by atoms with Gasteiger partial charge in [0, 0.05) is 45.4 Å². The molecule has 3 aromatic carbocycles. The smallest absolute Gasteiger partial charge is 0.0737 e. The van der Waals surface area contributed by atoms with Gasteiger partial charge in [-0.1, -0.05) is 134 Å². The lowest BCUT2D eigenvalue weighted by atomic mass is 9.87. The number of nitrogens with one attached hydrogen (secondary N) is 1. The summed E-state index contributed by atoms with van der Waals surface area (Å²) in [6, 6.07) is 35.4. The third-order valence-electron chi connectivity index (χ3n) is 8.83. The van der Waals surface area contributed by atoms with Gasteiger partial charge in [-0.25, -0.2) is 4.99 Å². The van der Waals surface area contributed by atoms with Crippen LogP contribution in [0.5, 0.6) is 0 Å². The summed E-state index contributed by atoms with van der Waals surface area (Å²) in [4.78, 5) is 9.01. The van der Waals surface area contributed by atoms with Crippen LogP contribution in [0, 0.1) is 5.92 Å². The maximum Gasteiger partial charge on any atom is 0.0737 e. The number of rotatable bonds is 4. The fraction of sp³-hybridized carbons (Fsp3) is 0.0682. The third-order valence-corrected chi connectivity index (χ3v) is 8.83. The quantitative estimate of drug-likeness (QED) is 0.212. The number of aromatic amines is 1. The van der Waals surface area contributed by atoms with E-state index in [1.165, 1.54) is 0 Å². The maximum absolute atomic E-state index is 6.93. The zero-order valence-electron chi connectivity index (χ0n) is 26.8. The highest BCUT2D eigenvalue weighted by Gasteiger charge is 2.23. The number of aliphatic imine (C=N–C) groups is 1. The molecule has 7 rings (SSSR count). The van der Waals surface area contributed by atoms with Gasteiger partial charge in [0.25, 0.3) is 0 Å². The molecule has 4 heteroatoms. The lowest BCUT2D eigenvalue weighted by Gasteiger charge is -2.19. The number of hydrogen-bond donors (Lipinski definition) is 3. The highest BCUT2D eigenvalue weighted by atomic mass is 14.8. The zero-order valence-corrected chi connectivity index (χ0v) is 26.8. The van der Waals surface area contributed by atoms with Crippen LogP contribution in [-0.2, 0) is 0 Å². The van der Waals surface area contributed by atoms with Crippen molar-refractivity contribution in [2.24, 2.45) is 22.4 Å². The molecule has 0 radical (unpaired) electrons. The first-order valence-electron chi connectivity index (χ1n) is 16.4. The third kappa shape index (κ3) is 6.55. The van der Waals surface area contributed by atoms with Gasteiger partial charge in [0.05, 0.1) is 11.4 Å². The number of nitrogens with two attached hydrogens (primary N) is 2. The summed E-state index contributed by atoms with van der Waals surface area (Å²) < 4.78 is 0. The fourth-order valence-electron chi connectivity index (χ4n) is 6.50. The number of allylic oxidation sites excluding steroid dienone is 13. The minimum Gasteiger partial charge on any atom is -0.398 e. The van der Waals surface area contributed by atoms with E-state index in [0.717, 1.165) is 68.2 Å². The molecular weight excluding hydrogens is 585 g/mol. The number of benzene rings is 3. The summed E-state index contributed by atoms with van der Waals surface area (Å²) in [6.07, 6.45) is 24.7. The highest BCUT2D eigenvalue weighted by molar-refractivity contribution is 6.13. The molecule has 1 aromatic heterocycles.